The first-order valence-electron chi connectivity index (χ1n) is 6.29. The Labute approximate surface area is 114 Å². The van der Waals surface area contributed by atoms with Crippen LogP contribution < -0.4 is 20.1 Å². The molecule has 0 fully saturated rings. The highest BCUT2D eigenvalue weighted by atomic mass is 16.5. The van der Waals surface area contributed by atoms with E-state index in [2.05, 4.69) is 24.5 Å². The Hall–Kier alpha value is -1.75. The smallest absolute Gasteiger partial charge is 0.238 e. The van der Waals surface area contributed by atoms with Crippen LogP contribution in [0.2, 0.25) is 0 Å². The Bertz CT molecular complexity index is 419. The maximum absolute atomic E-state index is 11.8. The Balaban J connectivity index is 2.61. The Morgan fingerprint density at radius 1 is 1.26 bits per heavy atom. The van der Waals surface area contributed by atoms with Gasteiger partial charge in [0.05, 0.1) is 26.5 Å². The van der Waals surface area contributed by atoms with Crippen LogP contribution in [0.5, 0.6) is 11.5 Å². The fraction of sp³-hybridized carbons (Fsp3) is 0.500. The van der Waals surface area contributed by atoms with Gasteiger partial charge in [-0.15, -0.1) is 0 Å². The van der Waals surface area contributed by atoms with E-state index in [1.54, 1.807) is 32.4 Å². The van der Waals surface area contributed by atoms with Crippen LogP contribution in [0.3, 0.4) is 0 Å². The molecule has 1 amide bonds. The lowest BCUT2D eigenvalue weighted by atomic mass is 10.2. The molecular weight excluding hydrogens is 244 g/mol. The maximum Gasteiger partial charge on any atom is 0.238 e. The van der Waals surface area contributed by atoms with E-state index >= 15 is 0 Å². The molecule has 0 saturated heterocycles. The highest BCUT2D eigenvalue weighted by Gasteiger charge is 2.08. The number of carbonyl (C=O) groups excluding carboxylic acids is 1. The average molecular weight is 266 g/mol. The molecule has 0 heterocycles. The molecule has 0 saturated carbocycles. The SMILES string of the molecule is COc1ccc(OC)c(NC(=O)CNCC(C)C)c1. The van der Waals surface area contributed by atoms with Gasteiger partial charge in [0.15, 0.2) is 0 Å². The van der Waals surface area contributed by atoms with Crippen LogP contribution in [0.15, 0.2) is 18.2 Å². The minimum Gasteiger partial charge on any atom is -0.497 e. The first kappa shape index (κ1) is 15.3. The maximum atomic E-state index is 11.8. The summed E-state index contributed by atoms with van der Waals surface area (Å²) in [6.45, 7) is 5.27. The Morgan fingerprint density at radius 2 is 2.00 bits per heavy atom. The number of hydrogen-bond acceptors (Lipinski definition) is 4. The van der Waals surface area contributed by atoms with Gasteiger partial charge in [0.25, 0.3) is 0 Å². The van der Waals surface area contributed by atoms with Crippen LogP contribution in [0.25, 0.3) is 0 Å². The number of benzene rings is 1. The van der Waals surface area contributed by atoms with Gasteiger partial charge in [-0.05, 0) is 24.6 Å². The third-order valence-corrected chi connectivity index (χ3v) is 2.52. The van der Waals surface area contributed by atoms with E-state index in [4.69, 9.17) is 9.47 Å². The summed E-state index contributed by atoms with van der Waals surface area (Å²) < 4.78 is 10.3. The molecule has 2 N–H and O–H groups in total. The number of amides is 1. The fourth-order valence-corrected chi connectivity index (χ4v) is 1.58. The number of ether oxygens (including phenoxy) is 2. The van der Waals surface area contributed by atoms with Crippen molar-refractivity contribution in [2.75, 3.05) is 32.6 Å². The van der Waals surface area contributed by atoms with Gasteiger partial charge in [-0.2, -0.15) is 0 Å². The van der Waals surface area contributed by atoms with Crippen molar-refractivity contribution < 1.29 is 14.3 Å². The highest BCUT2D eigenvalue weighted by Crippen LogP contribution is 2.28. The van der Waals surface area contributed by atoms with Crippen molar-refractivity contribution in [3.05, 3.63) is 18.2 Å². The summed E-state index contributed by atoms with van der Waals surface area (Å²) in [6.07, 6.45) is 0. The van der Waals surface area contributed by atoms with Crippen LogP contribution in [0.4, 0.5) is 5.69 Å². The molecule has 106 valence electrons. The number of nitrogens with one attached hydrogen (secondary N) is 2. The molecule has 5 nitrogen and oxygen atoms in total. The number of hydrogen-bond donors (Lipinski definition) is 2. The normalized spacial score (nSPS) is 10.4. The third kappa shape index (κ3) is 5.18. The van der Waals surface area contributed by atoms with Crippen LogP contribution in [0.1, 0.15) is 13.8 Å². The highest BCUT2D eigenvalue weighted by molar-refractivity contribution is 5.93. The van der Waals surface area contributed by atoms with Crippen molar-refractivity contribution in [1.29, 1.82) is 0 Å². The topological polar surface area (TPSA) is 59.6 Å². The Kier molecular flexibility index (Phi) is 6.15. The summed E-state index contributed by atoms with van der Waals surface area (Å²) in [4.78, 5) is 11.8. The number of methoxy groups -OCH3 is 2. The lowest BCUT2D eigenvalue weighted by Crippen LogP contribution is -2.30. The molecule has 0 unspecified atom stereocenters. The molecule has 1 aromatic carbocycles. The molecule has 0 aliphatic rings. The van der Waals surface area contributed by atoms with Crippen molar-refractivity contribution in [3.8, 4) is 11.5 Å². The molecule has 19 heavy (non-hydrogen) atoms. The summed E-state index contributed by atoms with van der Waals surface area (Å²) in [5.74, 6) is 1.69. The zero-order valence-corrected chi connectivity index (χ0v) is 11.9. The summed E-state index contributed by atoms with van der Waals surface area (Å²) in [6, 6.07) is 5.28. The largest absolute Gasteiger partial charge is 0.497 e. The van der Waals surface area contributed by atoms with E-state index < -0.39 is 0 Å². The zero-order valence-electron chi connectivity index (χ0n) is 11.9. The van der Waals surface area contributed by atoms with Crippen LogP contribution in [-0.4, -0.2) is 33.2 Å². The van der Waals surface area contributed by atoms with Crippen molar-refractivity contribution in [2.24, 2.45) is 5.92 Å². The fourth-order valence-electron chi connectivity index (χ4n) is 1.58. The van der Waals surface area contributed by atoms with Gasteiger partial charge >= 0.3 is 0 Å². The predicted molar refractivity (Wildman–Crippen MR) is 75.9 cm³/mol. The van der Waals surface area contributed by atoms with Gasteiger partial charge in [-0.1, -0.05) is 13.8 Å². The van der Waals surface area contributed by atoms with Crippen LogP contribution in [-0.2, 0) is 4.79 Å². The molecule has 1 rings (SSSR count). The molecule has 0 bridgehead atoms. The molecule has 0 aromatic heterocycles. The number of carbonyl (C=O) groups is 1. The minimum absolute atomic E-state index is 0.104. The molecule has 5 heteroatoms. The van der Waals surface area contributed by atoms with E-state index in [1.165, 1.54) is 0 Å². The van der Waals surface area contributed by atoms with E-state index in [1.807, 2.05) is 0 Å². The van der Waals surface area contributed by atoms with E-state index in [-0.39, 0.29) is 12.5 Å². The van der Waals surface area contributed by atoms with Crippen LogP contribution in [0, 0.1) is 5.92 Å². The summed E-state index contributed by atoms with van der Waals surface area (Å²) in [7, 11) is 3.14. The summed E-state index contributed by atoms with van der Waals surface area (Å²) >= 11 is 0. The van der Waals surface area contributed by atoms with Gasteiger partial charge < -0.3 is 20.1 Å². The van der Waals surface area contributed by atoms with Crippen molar-refractivity contribution in [3.63, 3.8) is 0 Å². The van der Waals surface area contributed by atoms with Gasteiger partial charge in [0.2, 0.25) is 5.91 Å². The summed E-state index contributed by atoms with van der Waals surface area (Å²) in [5, 5.41) is 5.89. The molecular formula is C14H22N2O3. The van der Waals surface area contributed by atoms with Crippen molar-refractivity contribution >= 4 is 11.6 Å². The monoisotopic (exact) mass is 266 g/mol. The quantitative estimate of drug-likeness (QED) is 0.791. The minimum atomic E-state index is -0.104. The first-order chi connectivity index (χ1) is 9.06. The van der Waals surface area contributed by atoms with Gasteiger partial charge in [-0.3, -0.25) is 4.79 Å². The van der Waals surface area contributed by atoms with Gasteiger partial charge in [-0.25, -0.2) is 0 Å². The second kappa shape index (κ2) is 7.63. The number of anilines is 1. The molecule has 0 radical (unpaired) electrons. The van der Waals surface area contributed by atoms with E-state index in [0.29, 0.717) is 23.1 Å². The summed E-state index contributed by atoms with van der Waals surface area (Å²) in [5.41, 5.74) is 0.609. The number of rotatable bonds is 7. The predicted octanol–water partition coefficient (Wildman–Crippen LogP) is 1.89. The second-order valence-electron chi connectivity index (χ2n) is 4.64. The second-order valence-corrected chi connectivity index (χ2v) is 4.64. The molecule has 0 spiro atoms. The molecule has 1 aromatic rings. The molecule has 0 aliphatic heterocycles. The zero-order chi connectivity index (χ0) is 14.3. The van der Waals surface area contributed by atoms with Gasteiger partial charge in [0, 0.05) is 6.07 Å². The van der Waals surface area contributed by atoms with Crippen molar-refractivity contribution in [1.82, 2.24) is 5.32 Å². The standard InChI is InChI=1S/C14H22N2O3/c1-10(2)8-15-9-14(17)16-12-7-11(18-3)5-6-13(12)19-4/h5-7,10,15H,8-9H2,1-4H3,(H,16,17). The van der Waals surface area contributed by atoms with Gasteiger partial charge in [0.1, 0.15) is 11.5 Å². The lowest BCUT2D eigenvalue weighted by Gasteiger charge is -2.12. The average Bonchev–Trinajstić information content (AvgIpc) is 2.38. The van der Waals surface area contributed by atoms with Crippen LogP contribution >= 0.6 is 0 Å². The molecule has 0 aliphatic carbocycles. The lowest BCUT2D eigenvalue weighted by molar-refractivity contribution is -0.115. The van der Waals surface area contributed by atoms with E-state index in [0.717, 1.165) is 6.54 Å². The third-order valence-electron chi connectivity index (χ3n) is 2.52. The Morgan fingerprint density at radius 3 is 2.58 bits per heavy atom. The van der Waals surface area contributed by atoms with Crippen molar-refractivity contribution in [2.45, 2.75) is 13.8 Å². The first-order valence-corrected chi connectivity index (χ1v) is 6.29. The van der Waals surface area contributed by atoms with E-state index in [9.17, 15) is 4.79 Å². The molecule has 0 atom stereocenters.